The summed E-state index contributed by atoms with van der Waals surface area (Å²) < 4.78 is 7.15. The maximum absolute atomic E-state index is 13.2. The van der Waals surface area contributed by atoms with E-state index in [-0.39, 0.29) is 11.7 Å². The van der Waals surface area contributed by atoms with Crippen molar-refractivity contribution < 1.29 is 4.74 Å². The van der Waals surface area contributed by atoms with Crippen LogP contribution in [0.5, 0.6) is 0 Å². The maximum Gasteiger partial charge on any atom is 0.283 e. The summed E-state index contributed by atoms with van der Waals surface area (Å²) in [4.78, 5) is 19.9. The minimum Gasteiger partial charge on any atom is -0.376 e. The van der Waals surface area contributed by atoms with Crippen molar-refractivity contribution in [3.8, 4) is 0 Å². The van der Waals surface area contributed by atoms with Gasteiger partial charge in [0.2, 0.25) is 0 Å². The van der Waals surface area contributed by atoms with Crippen LogP contribution in [0, 0.1) is 13.8 Å². The van der Waals surface area contributed by atoms with Gasteiger partial charge < -0.3 is 10.1 Å². The standard InChI is InChI=1S/C20H20N4O2S/c1-11-12(2)27-19-16(11)20(25)24-18(22-19)15-8-4-3-7-14(15)17(23-24)21-10-13-6-5-9-26-13/h3-4,7-8,13H,5-6,9-10H2,1-2H3,(H,21,23). The Balaban J connectivity index is 1.76. The van der Waals surface area contributed by atoms with Crippen molar-refractivity contribution in [1.29, 1.82) is 0 Å². The Hall–Kier alpha value is -2.51. The van der Waals surface area contributed by atoms with Crippen molar-refractivity contribution in [2.75, 3.05) is 18.5 Å². The summed E-state index contributed by atoms with van der Waals surface area (Å²) in [6.45, 7) is 5.50. The smallest absolute Gasteiger partial charge is 0.283 e. The van der Waals surface area contributed by atoms with Crippen LogP contribution < -0.4 is 10.9 Å². The average molecular weight is 380 g/mol. The van der Waals surface area contributed by atoms with Crippen molar-refractivity contribution in [3.63, 3.8) is 0 Å². The third-order valence-electron chi connectivity index (χ3n) is 5.33. The fraction of sp³-hybridized carbons (Fsp3) is 0.350. The summed E-state index contributed by atoms with van der Waals surface area (Å²) in [6.07, 6.45) is 2.34. The molecule has 0 saturated carbocycles. The van der Waals surface area contributed by atoms with Gasteiger partial charge in [0.05, 0.1) is 11.5 Å². The summed E-state index contributed by atoms with van der Waals surface area (Å²) in [5.74, 6) is 0.696. The number of benzene rings is 1. The molecule has 1 fully saturated rings. The van der Waals surface area contributed by atoms with Gasteiger partial charge in [0.25, 0.3) is 5.56 Å². The minimum absolute atomic E-state index is 0.109. The van der Waals surface area contributed by atoms with Crippen molar-refractivity contribution in [1.82, 2.24) is 14.6 Å². The second-order valence-electron chi connectivity index (χ2n) is 7.03. The number of nitrogens with zero attached hydrogens (tertiary/aromatic N) is 3. The number of hydrogen-bond donors (Lipinski definition) is 1. The van der Waals surface area contributed by atoms with E-state index in [1.54, 1.807) is 11.3 Å². The van der Waals surface area contributed by atoms with Gasteiger partial charge in [-0.3, -0.25) is 4.79 Å². The highest BCUT2D eigenvalue weighted by atomic mass is 32.1. The molecule has 1 atom stereocenters. The lowest BCUT2D eigenvalue weighted by Crippen LogP contribution is -2.23. The summed E-state index contributed by atoms with van der Waals surface area (Å²) in [5.41, 5.74) is 1.49. The van der Waals surface area contributed by atoms with Gasteiger partial charge in [-0.25, -0.2) is 4.98 Å². The zero-order valence-corrected chi connectivity index (χ0v) is 16.1. The lowest BCUT2D eigenvalue weighted by molar-refractivity contribution is 0.120. The Morgan fingerprint density at radius 2 is 2.11 bits per heavy atom. The third-order valence-corrected chi connectivity index (χ3v) is 6.43. The van der Waals surface area contributed by atoms with Crippen LogP contribution in [0.2, 0.25) is 0 Å². The quantitative estimate of drug-likeness (QED) is 0.549. The van der Waals surface area contributed by atoms with Gasteiger partial charge >= 0.3 is 0 Å². The van der Waals surface area contributed by atoms with Gasteiger partial charge in [-0.15, -0.1) is 16.4 Å². The van der Waals surface area contributed by atoms with E-state index >= 15 is 0 Å². The molecular formula is C20H20N4O2S. The molecule has 7 heteroatoms. The molecule has 0 spiro atoms. The topological polar surface area (TPSA) is 68.5 Å². The Bertz CT molecular complexity index is 1240. The molecule has 1 N–H and O–H groups in total. The fourth-order valence-electron chi connectivity index (χ4n) is 3.74. The number of aromatic nitrogens is 3. The third kappa shape index (κ3) is 2.61. The van der Waals surface area contributed by atoms with E-state index < -0.39 is 0 Å². The van der Waals surface area contributed by atoms with E-state index in [4.69, 9.17) is 9.72 Å². The molecule has 1 aromatic carbocycles. The van der Waals surface area contributed by atoms with Gasteiger partial charge in [0, 0.05) is 28.8 Å². The molecule has 0 aliphatic carbocycles. The molecule has 0 bridgehead atoms. The first-order valence-corrected chi connectivity index (χ1v) is 10.0. The van der Waals surface area contributed by atoms with Crippen LogP contribution in [0.15, 0.2) is 29.1 Å². The summed E-state index contributed by atoms with van der Waals surface area (Å²) in [7, 11) is 0. The van der Waals surface area contributed by atoms with Gasteiger partial charge in [-0.05, 0) is 32.3 Å². The van der Waals surface area contributed by atoms with E-state index in [9.17, 15) is 4.79 Å². The first kappa shape index (κ1) is 16.6. The molecule has 1 unspecified atom stereocenters. The lowest BCUT2D eigenvalue weighted by Gasteiger charge is -2.14. The van der Waals surface area contributed by atoms with E-state index in [1.165, 1.54) is 4.52 Å². The second-order valence-corrected chi connectivity index (χ2v) is 8.23. The molecule has 1 aliphatic rings. The molecule has 0 radical (unpaired) electrons. The van der Waals surface area contributed by atoms with Crippen molar-refractivity contribution in [2.24, 2.45) is 0 Å². The minimum atomic E-state index is -0.109. The summed E-state index contributed by atoms with van der Waals surface area (Å²) >= 11 is 1.56. The first-order valence-electron chi connectivity index (χ1n) is 9.20. The molecule has 6 nitrogen and oxygen atoms in total. The monoisotopic (exact) mass is 380 g/mol. The number of hydrogen-bond acceptors (Lipinski definition) is 6. The zero-order valence-electron chi connectivity index (χ0n) is 15.3. The number of ether oxygens (including phenoxy) is 1. The van der Waals surface area contributed by atoms with Crippen LogP contribution in [0.1, 0.15) is 23.3 Å². The predicted molar refractivity (Wildman–Crippen MR) is 109 cm³/mol. The fourth-order valence-corrected chi connectivity index (χ4v) is 4.76. The highest BCUT2D eigenvalue weighted by Crippen LogP contribution is 2.29. The Kier molecular flexibility index (Phi) is 3.87. The van der Waals surface area contributed by atoms with Crippen molar-refractivity contribution >= 4 is 43.8 Å². The van der Waals surface area contributed by atoms with Crippen LogP contribution in [-0.4, -0.2) is 33.9 Å². The van der Waals surface area contributed by atoms with Crippen molar-refractivity contribution in [2.45, 2.75) is 32.8 Å². The lowest BCUT2D eigenvalue weighted by atomic mass is 10.1. The maximum atomic E-state index is 13.2. The number of anilines is 1. The molecule has 4 aromatic rings. The van der Waals surface area contributed by atoms with Gasteiger partial charge in [0.15, 0.2) is 11.5 Å². The first-order chi connectivity index (χ1) is 13.1. The van der Waals surface area contributed by atoms with E-state index in [2.05, 4.69) is 10.4 Å². The molecule has 3 aromatic heterocycles. The molecule has 0 amide bonds. The van der Waals surface area contributed by atoms with Gasteiger partial charge in [-0.2, -0.15) is 4.52 Å². The molecule has 1 aliphatic heterocycles. The molecular weight excluding hydrogens is 360 g/mol. The van der Waals surface area contributed by atoms with E-state index in [1.807, 2.05) is 38.1 Å². The second kappa shape index (κ2) is 6.28. The number of fused-ring (bicyclic) bond motifs is 4. The Morgan fingerprint density at radius 1 is 1.30 bits per heavy atom. The molecule has 138 valence electrons. The normalized spacial score (nSPS) is 17.3. The summed E-state index contributed by atoms with van der Waals surface area (Å²) in [6, 6.07) is 7.96. The molecule has 1 saturated heterocycles. The van der Waals surface area contributed by atoms with Crippen LogP contribution in [0.3, 0.4) is 0 Å². The van der Waals surface area contributed by atoms with Gasteiger partial charge in [0.1, 0.15) is 4.83 Å². The van der Waals surface area contributed by atoms with Crippen molar-refractivity contribution in [3.05, 3.63) is 45.1 Å². The van der Waals surface area contributed by atoms with E-state index in [0.29, 0.717) is 23.4 Å². The van der Waals surface area contributed by atoms with Crippen LogP contribution in [-0.2, 0) is 4.74 Å². The number of nitrogens with one attached hydrogen (secondary N) is 1. The SMILES string of the molecule is Cc1sc2nc3c4ccccc4c(NCC4CCCO4)nn3c(=O)c2c1C. The highest BCUT2D eigenvalue weighted by Gasteiger charge is 2.19. The zero-order chi connectivity index (χ0) is 18.5. The van der Waals surface area contributed by atoms with E-state index in [0.717, 1.165) is 45.5 Å². The molecule has 4 heterocycles. The van der Waals surface area contributed by atoms with Crippen LogP contribution in [0.4, 0.5) is 5.82 Å². The summed E-state index contributed by atoms with van der Waals surface area (Å²) in [5, 5.41) is 10.6. The average Bonchev–Trinajstić information content (AvgIpc) is 3.29. The van der Waals surface area contributed by atoms with Crippen LogP contribution >= 0.6 is 11.3 Å². The molecule has 5 rings (SSSR count). The van der Waals surface area contributed by atoms with Crippen LogP contribution in [0.25, 0.3) is 26.6 Å². The highest BCUT2D eigenvalue weighted by molar-refractivity contribution is 7.18. The predicted octanol–water partition coefficient (Wildman–Crippen LogP) is 3.67. The Labute approximate surface area is 159 Å². The largest absolute Gasteiger partial charge is 0.376 e. The molecule has 27 heavy (non-hydrogen) atoms. The Morgan fingerprint density at radius 3 is 2.89 bits per heavy atom. The number of aryl methyl sites for hydroxylation is 2. The van der Waals surface area contributed by atoms with Gasteiger partial charge in [-0.1, -0.05) is 24.3 Å². The number of thiophene rings is 1. The number of rotatable bonds is 3.